The first-order valence-electron chi connectivity index (χ1n) is 9.01. The highest BCUT2D eigenvalue weighted by atomic mass is 14.7. The molecular formula is C25H20N2. The van der Waals surface area contributed by atoms with Gasteiger partial charge in [0.15, 0.2) is 0 Å². The van der Waals surface area contributed by atoms with Crippen molar-refractivity contribution < 1.29 is 0 Å². The van der Waals surface area contributed by atoms with Gasteiger partial charge in [0.2, 0.25) is 0 Å². The molecule has 0 unspecified atom stereocenters. The third-order valence-corrected chi connectivity index (χ3v) is 4.64. The third-order valence-electron chi connectivity index (χ3n) is 4.64. The Hall–Kier alpha value is -3.52. The average Bonchev–Trinajstić information content (AvgIpc) is 2.74. The summed E-state index contributed by atoms with van der Waals surface area (Å²) in [5.41, 5.74) is 7.97. The number of aryl methyl sites for hydroxylation is 1. The van der Waals surface area contributed by atoms with Gasteiger partial charge in [-0.15, -0.1) is 0 Å². The summed E-state index contributed by atoms with van der Waals surface area (Å²) in [4.78, 5) is 8.81. The molecule has 0 atom stereocenters. The lowest BCUT2D eigenvalue weighted by molar-refractivity contribution is 1.19. The Morgan fingerprint density at radius 3 is 2.00 bits per heavy atom. The van der Waals surface area contributed by atoms with E-state index in [-0.39, 0.29) is 0 Å². The Morgan fingerprint density at radius 2 is 1.30 bits per heavy atom. The Bertz CT molecular complexity index is 1070. The van der Waals surface area contributed by atoms with Crippen molar-refractivity contribution in [2.75, 3.05) is 0 Å². The van der Waals surface area contributed by atoms with E-state index in [1.54, 1.807) is 0 Å². The molecule has 0 fully saturated rings. The third kappa shape index (κ3) is 3.70. The van der Waals surface area contributed by atoms with E-state index in [1.165, 1.54) is 22.3 Å². The predicted molar refractivity (Wildman–Crippen MR) is 113 cm³/mol. The van der Waals surface area contributed by atoms with Crippen LogP contribution in [0.15, 0.2) is 91.4 Å². The SMILES string of the molecule is Cc1nccc(-c2ccccc2)c1/C=C\c1cnccc1-c1ccccc1. The minimum Gasteiger partial charge on any atom is -0.264 e. The van der Waals surface area contributed by atoms with Crippen molar-refractivity contribution in [3.63, 3.8) is 0 Å². The molecule has 0 aliphatic carbocycles. The molecule has 0 aliphatic rings. The van der Waals surface area contributed by atoms with E-state index in [0.717, 1.165) is 16.8 Å². The molecule has 0 aliphatic heterocycles. The summed E-state index contributed by atoms with van der Waals surface area (Å²) in [6.45, 7) is 2.05. The second-order valence-corrected chi connectivity index (χ2v) is 6.39. The summed E-state index contributed by atoms with van der Waals surface area (Å²) in [7, 11) is 0. The smallest absolute Gasteiger partial charge is 0.0451 e. The van der Waals surface area contributed by atoms with Crippen molar-refractivity contribution >= 4 is 12.2 Å². The number of aromatic nitrogens is 2. The fourth-order valence-corrected chi connectivity index (χ4v) is 3.25. The van der Waals surface area contributed by atoms with Gasteiger partial charge in [-0.05, 0) is 41.3 Å². The van der Waals surface area contributed by atoms with E-state index in [0.29, 0.717) is 0 Å². The van der Waals surface area contributed by atoms with Crippen LogP contribution in [0.4, 0.5) is 0 Å². The van der Waals surface area contributed by atoms with Gasteiger partial charge in [-0.3, -0.25) is 9.97 Å². The molecular weight excluding hydrogens is 328 g/mol. The van der Waals surface area contributed by atoms with Gasteiger partial charge >= 0.3 is 0 Å². The lowest BCUT2D eigenvalue weighted by Crippen LogP contribution is -1.91. The maximum absolute atomic E-state index is 4.49. The Labute approximate surface area is 159 Å². The van der Waals surface area contributed by atoms with E-state index >= 15 is 0 Å². The minimum absolute atomic E-state index is 1.01. The summed E-state index contributed by atoms with van der Waals surface area (Å²) in [6.07, 6.45) is 9.89. The molecule has 0 bridgehead atoms. The molecule has 2 aromatic heterocycles. The molecule has 0 N–H and O–H groups in total. The molecule has 4 aromatic rings. The Kier molecular flexibility index (Phi) is 4.88. The van der Waals surface area contributed by atoms with Gasteiger partial charge in [0, 0.05) is 35.4 Å². The highest BCUT2D eigenvalue weighted by Crippen LogP contribution is 2.28. The summed E-state index contributed by atoms with van der Waals surface area (Å²) < 4.78 is 0. The number of benzene rings is 2. The Morgan fingerprint density at radius 1 is 0.667 bits per heavy atom. The van der Waals surface area contributed by atoms with E-state index in [1.807, 2.05) is 37.6 Å². The lowest BCUT2D eigenvalue weighted by Gasteiger charge is -2.10. The highest BCUT2D eigenvalue weighted by Gasteiger charge is 2.07. The van der Waals surface area contributed by atoms with Gasteiger partial charge < -0.3 is 0 Å². The van der Waals surface area contributed by atoms with Crippen LogP contribution in [0.2, 0.25) is 0 Å². The summed E-state index contributed by atoms with van der Waals surface area (Å²) in [5.74, 6) is 0. The highest BCUT2D eigenvalue weighted by molar-refractivity contribution is 5.85. The molecule has 130 valence electrons. The predicted octanol–water partition coefficient (Wildman–Crippen LogP) is 6.29. The number of pyridine rings is 2. The molecule has 0 amide bonds. The van der Waals surface area contributed by atoms with Crippen LogP contribution < -0.4 is 0 Å². The zero-order valence-corrected chi connectivity index (χ0v) is 15.2. The second-order valence-electron chi connectivity index (χ2n) is 6.39. The van der Waals surface area contributed by atoms with Crippen molar-refractivity contribution in [1.29, 1.82) is 0 Å². The van der Waals surface area contributed by atoms with Crippen molar-refractivity contribution in [1.82, 2.24) is 9.97 Å². The molecule has 4 rings (SSSR count). The van der Waals surface area contributed by atoms with Gasteiger partial charge in [0.05, 0.1) is 0 Å². The van der Waals surface area contributed by atoms with Gasteiger partial charge in [-0.2, -0.15) is 0 Å². The summed E-state index contributed by atoms with van der Waals surface area (Å²) in [6, 6.07) is 24.9. The first-order chi connectivity index (χ1) is 13.3. The second kappa shape index (κ2) is 7.79. The zero-order valence-electron chi connectivity index (χ0n) is 15.2. The van der Waals surface area contributed by atoms with Crippen LogP contribution in [0.25, 0.3) is 34.4 Å². The first kappa shape index (κ1) is 16.9. The van der Waals surface area contributed by atoms with Crippen LogP contribution in [0.5, 0.6) is 0 Å². The fourth-order valence-electron chi connectivity index (χ4n) is 3.25. The van der Waals surface area contributed by atoms with Gasteiger partial charge in [-0.1, -0.05) is 72.8 Å². The number of rotatable bonds is 4. The summed E-state index contributed by atoms with van der Waals surface area (Å²) >= 11 is 0. The van der Waals surface area contributed by atoms with Crippen molar-refractivity contribution in [3.05, 3.63) is 108 Å². The molecule has 2 nitrogen and oxygen atoms in total. The van der Waals surface area contributed by atoms with Gasteiger partial charge in [-0.25, -0.2) is 0 Å². The van der Waals surface area contributed by atoms with Crippen LogP contribution in [0, 0.1) is 6.92 Å². The van der Waals surface area contributed by atoms with E-state index < -0.39 is 0 Å². The van der Waals surface area contributed by atoms with E-state index in [4.69, 9.17) is 0 Å². The molecule has 2 heterocycles. The van der Waals surface area contributed by atoms with Crippen molar-refractivity contribution in [3.8, 4) is 22.3 Å². The van der Waals surface area contributed by atoms with Crippen molar-refractivity contribution in [2.45, 2.75) is 6.92 Å². The lowest BCUT2D eigenvalue weighted by atomic mass is 9.97. The molecule has 0 saturated heterocycles. The topological polar surface area (TPSA) is 25.8 Å². The van der Waals surface area contributed by atoms with Crippen LogP contribution in [0.1, 0.15) is 16.8 Å². The minimum atomic E-state index is 1.01. The van der Waals surface area contributed by atoms with Crippen LogP contribution in [-0.2, 0) is 0 Å². The van der Waals surface area contributed by atoms with Crippen molar-refractivity contribution in [2.24, 2.45) is 0 Å². The molecule has 0 spiro atoms. The largest absolute Gasteiger partial charge is 0.264 e. The molecule has 27 heavy (non-hydrogen) atoms. The molecule has 0 saturated carbocycles. The van der Waals surface area contributed by atoms with Crippen LogP contribution >= 0.6 is 0 Å². The molecule has 2 heteroatoms. The van der Waals surface area contributed by atoms with Crippen LogP contribution in [-0.4, -0.2) is 9.97 Å². The zero-order chi connectivity index (χ0) is 18.5. The quantitative estimate of drug-likeness (QED) is 0.433. The number of hydrogen-bond donors (Lipinski definition) is 0. The Balaban J connectivity index is 1.78. The fraction of sp³-hybridized carbons (Fsp3) is 0.0400. The normalized spacial score (nSPS) is 11.0. The first-order valence-corrected chi connectivity index (χ1v) is 9.01. The average molecular weight is 348 g/mol. The van der Waals surface area contributed by atoms with E-state index in [9.17, 15) is 0 Å². The number of hydrogen-bond acceptors (Lipinski definition) is 2. The number of nitrogens with zero attached hydrogens (tertiary/aromatic N) is 2. The maximum atomic E-state index is 4.49. The molecule has 0 radical (unpaired) electrons. The maximum Gasteiger partial charge on any atom is 0.0451 e. The standard InChI is InChI=1S/C25H20N2/c1-19-23(25(15-17-27-19)21-10-6-3-7-11-21)13-12-22-18-26-16-14-24(22)20-8-4-2-5-9-20/h2-18H,1H3/b13-12-. The van der Waals surface area contributed by atoms with E-state index in [2.05, 4.69) is 82.8 Å². The molecule has 2 aromatic carbocycles. The van der Waals surface area contributed by atoms with Gasteiger partial charge in [0.25, 0.3) is 0 Å². The van der Waals surface area contributed by atoms with Crippen LogP contribution in [0.3, 0.4) is 0 Å². The van der Waals surface area contributed by atoms with Gasteiger partial charge in [0.1, 0.15) is 0 Å². The summed E-state index contributed by atoms with van der Waals surface area (Å²) in [5, 5.41) is 0. The monoisotopic (exact) mass is 348 g/mol.